The van der Waals surface area contributed by atoms with Crippen LogP contribution in [0, 0.1) is 11.3 Å². The second kappa shape index (κ2) is 6.80. The minimum Gasteiger partial charge on any atom is -0.355 e. The normalized spacial score (nSPS) is 20.4. The average molecular weight is 309 g/mol. The third-order valence-electron chi connectivity index (χ3n) is 4.75. The quantitative estimate of drug-likeness (QED) is 0.900. The van der Waals surface area contributed by atoms with Gasteiger partial charge < -0.3 is 10.6 Å². The lowest BCUT2D eigenvalue weighted by molar-refractivity contribution is -0.126. The highest BCUT2D eigenvalue weighted by molar-refractivity contribution is 5.85. The maximum absolute atomic E-state index is 12.2. The van der Waals surface area contributed by atoms with Gasteiger partial charge in [0.05, 0.1) is 0 Å². The number of nitrogens with one attached hydrogen (secondary N) is 2. The fourth-order valence-electron chi connectivity index (χ4n) is 3.54. The zero-order valence-corrected chi connectivity index (χ0v) is 13.5. The number of carbonyl (C=O) groups is 1. The van der Waals surface area contributed by atoms with Crippen LogP contribution in [0.25, 0.3) is 0 Å². The van der Waals surface area contributed by atoms with E-state index in [9.17, 15) is 4.79 Å². The van der Waals surface area contributed by atoms with E-state index in [1.165, 1.54) is 11.1 Å². The van der Waals surface area contributed by atoms with Crippen LogP contribution in [0.4, 0.5) is 0 Å². The van der Waals surface area contributed by atoms with Crippen molar-refractivity contribution in [3.63, 3.8) is 0 Å². The highest BCUT2D eigenvalue weighted by Gasteiger charge is 2.33. The second-order valence-electron chi connectivity index (χ2n) is 6.68. The maximum atomic E-state index is 12.2. The van der Waals surface area contributed by atoms with Gasteiger partial charge in [0.15, 0.2) is 0 Å². The van der Waals surface area contributed by atoms with Gasteiger partial charge in [0, 0.05) is 12.5 Å². The molecule has 1 saturated heterocycles. The van der Waals surface area contributed by atoms with E-state index in [0.29, 0.717) is 0 Å². The Kier molecular flexibility index (Phi) is 5.28. The van der Waals surface area contributed by atoms with Gasteiger partial charge in [-0.3, -0.25) is 4.79 Å². The molecule has 1 amide bonds. The smallest absolute Gasteiger partial charge is 0.223 e. The number of halogens is 1. The lowest BCUT2D eigenvalue weighted by Gasteiger charge is -2.27. The fourth-order valence-corrected chi connectivity index (χ4v) is 3.54. The predicted molar refractivity (Wildman–Crippen MR) is 87.8 cm³/mol. The van der Waals surface area contributed by atoms with Crippen molar-refractivity contribution in [3.05, 3.63) is 35.4 Å². The van der Waals surface area contributed by atoms with Crippen molar-refractivity contribution in [2.45, 2.75) is 32.6 Å². The first-order chi connectivity index (χ1) is 9.66. The molecule has 1 heterocycles. The van der Waals surface area contributed by atoms with Crippen LogP contribution in [0.5, 0.6) is 0 Å². The summed E-state index contributed by atoms with van der Waals surface area (Å²) in [4.78, 5) is 12.2. The van der Waals surface area contributed by atoms with Crippen LogP contribution in [-0.2, 0) is 17.6 Å². The minimum atomic E-state index is 0. The van der Waals surface area contributed by atoms with Crippen molar-refractivity contribution < 1.29 is 4.79 Å². The van der Waals surface area contributed by atoms with Gasteiger partial charge in [-0.2, -0.15) is 0 Å². The minimum absolute atomic E-state index is 0. The summed E-state index contributed by atoms with van der Waals surface area (Å²) in [5, 5.41) is 6.51. The number of piperidine rings is 1. The summed E-state index contributed by atoms with van der Waals surface area (Å²) in [5.41, 5.74) is 3.09. The van der Waals surface area contributed by atoms with Gasteiger partial charge in [-0.25, -0.2) is 0 Å². The summed E-state index contributed by atoms with van der Waals surface area (Å²) in [5.74, 6) is 0.465. The van der Waals surface area contributed by atoms with Gasteiger partial charge >= 0.3 is 0 Å². The van der Waals surface area contributed by atoms with Gasteiger partial charge in [0.25, 0.3) is 0 Å². The molecule has 3 nitrogen and oxygen atoms in total. The molecule has 0 spiro atoms. The third kappa shape index (κ3) is 3.78. The van der Waals surface area contributed by atoms with Gasteiger partial charge in [-0.1, -0.05) is 31.2 Å². The first-order valence-electron chi connectivity index (χ1n) is 7.72. The first-order valence-corrected chi connectivity index (χ1v) is 7.72. The van der Waals surface area contributed by atoms with E-state index in [-0.39, 0.29) is 29.6 Å². The lowest BCUT2D eigenvalue weighted by atomic mass is 9.86. The number of benzene rings is 1. The Labute approximate surface area is 133 Å². The molecule has 1 aromatic rings. The van der Waals surface area contributed by atoms with Crippen molar-refractivity contribution in [3.8, 4) is 0 Å². The zero-order chi connectivity index (χ0) is 14.0. The first kappa shape index (κ1) is 16.3. The molecular formula is C17H25ClN2O. The number of amides is 1. The molecule has 0 atom stereocenters. The van der Waals surface area contributed by atoms with Crippen LogP contribution in [0.3, 0.4) is 0 Å². The molecule has 4 heteroatoms. The summed E-state index contributed by atoms with van der Waals surface area (Å²) in [6.45, 7) is 5.03. The van der Waals surface area contributed by atoms with E-state index in [4.69, 9.17) is 0 Å². The van der Waals surface area contributed by atoms with E-state index < -0.39 is 0 Å². The topological polar surface area (TPSA) is 41.1 Å². The Hall–Kier alpha value is -1.06. The Bertz CT molecular complexity index is 472. The molecule has 0 radical (unpaired) electrons. The molecule has 2 aliphatic rings. The molecule has 1 aromatic carbocycles. The summed E-state index contributed by atoms with van der Waals surface area (Å²) < 4.78 is 0. The summed E-state index contributed by atoms with van der Waals surface area (Å²) in [7, 11) is 0. The van der Waals surface area contributed by atoms with Crippen LogP contribution in [-0.4, -0.2) is 25.5 Å². The standard InChI is InChI=1S/C17H24N2O.ClH/c1-17(10-14-4-2-3-5-15(14)11-17)12-19-16(20)13-6-8-18-9-7-13;/h2-5,13,18H,6-12H2,1H3,(H,19,20);1H. The predicted octanol–water partition coefficient (Wildman–Crippen LogP) is 2.33. The number of rotatable bonds is 3. The highest BCUT2D eigenvalue weighted by atomic mass is 35.5. The zero-order valence-electron chi connectivity index (χ0n) is 12.7. The number of hydrogen-bond acceptors (Lipinski definition) is 2. The monoisotopic (exact) mass is 308 g/mol. The van der Waals surface area contributed by atoms with E-state index in [1.54, 1.807) is 0 Å². The van der Waals surface area contributed by atoms with E-state index in [0.717, 1.165) is 45.3 Å². The molecule has 116 valence electrons. The van der Waals surface area contributed by atoms with Crippen LogP contribution >= 0.6 is 12.4 Å². The maximum Gasteiger partial charge on any atom is 0.223 e. The number of hydrogen-bond donors (Lipinski definition) is 2. The molecule has 0 unspecified atom stereocenters. The van der Waals surface area contributed by atoms with Gasteiger partial charge in [0.2, 0.25) is 5.91 Å². The van der Waals surface area contributed by atoms with Gasteiger partial charge in [-0.15, -0.1) is 12.4 Å². The number of carbonyl (C=O) groups excluding carboxylic acids is 1. The molecular weight excluding hydrogens is 284 g/mol. The van der Waals surface area contributed by atoms with Crippen LogP contribution in [0.1, 0.15) is 30.9 Å². The molecule has 1 aliphatic heterocycles. The molecule has 3 rings (SSSR count). The molecule has 21 heavy (non-hydrogen) atoms. The molecule has 2 N–H and O–H groups in total. The Morgan fingerprint density at radius 2 is 1.81 bits per heavy atom. The molecule has 0 bridgehead atoms. The Balaban J connectivity index is 0.00000161. The Morgan fingerprint density at radius 1 is 1.24 bits per heavy atom. The summed E-state index contributed by atoms with van der Waals surface area (Å²) in [6, 6.07) is 8.65. The van der Waals surface area contributed by atoms with E-state index in [1.807, 2.05) is 0 Å². The second-order valence-corrected chi connectivity index (χ2v) is 6.68. The van der Waals surface area contributed by atoms with Crippen molar-refractivity contribution >= 4 is 18.3 Å². The SMILES string of the molecule is CC1(CNC(=O)C2CCNCC2)Cc2ccccc2C1.Cl. The van der Waals surface area contributed by atoms with Gasteiger partial charge in [-0.05, 0) is 55.3 Å². The molecule has 0 aromatic heterocycles. The Morgan fingerprint density at radius 3 is 2.38 bits per heavy atom. The van der Waals surface area contributed by atoms with E-state index >= 15 is 0 Å². The van der Waals surface area contributed by atoms with Crippen molar-refractivity contribution in [1.82, 2.24) is 10.6 Å². The molecule has 1 fully saturated rings. The van der Waals surface area contributed by atoms with Crippen LogP contribution in [0.2, 0.25) is 0 Å². The van der Waals surface area contributed by atoms with Crippen LogP contribution < -0.4 is 10.6 Å². The third-order valence-corrected chi connectivity index (χ3v) is 4.75. The fraction of sp³-hybridized carbons (Fsp3) is 0.588. The average Bonchev–Trinajstić information content (AvgIpc) is 2.82. The summed E-state index contributed by atoms with van der Waals surface area (Å²) >= 11 is 0. The number of fused-ring (bicyclic) bond motifs is 1. The molecule has 0 saturated carbocycles. The highest BCUT2D eigenvalue weighted by Crippen LogP contribution is 2.36. The lowest BCUT2D eigenvalue weighted by Crippen LogP contribution is -2.42. The van der Waals surface area contributed by atoms with E-state index in [2.05, 4.69) is 41.8 Å². The summed E-state index contributed by atoms with van der Waals surface area (Å²) in [6.07, 6.45) is 4.11. The largest absolute Gasteiger partial charge is 0.355 e. The van der Waals surface area contributed by atoms with Crippen LogP contribution in [0.15, 0.2) is 24.3 Å². The molecule has 1 aliphatic carbocycles. The van der Waals surface area contributed by atoms with Crippen molar-refractivity contribution in [2.24, 2.45) is 11.3 Å². The van der Waals surface area contributed by atoms with Crippen molar-refractivity contribution in [2.75, 3.05) is 19.6 Å². The van der Waals surface area contributed by atoms with Gasteiger partial charge in [0.1, 0.15) is 0 Å². The van der Waals surface area contributed by atoms with Crippen molar-refractivity contribution in [1.29, 1.82) is 0 Å².